The monoisotopic (exact) mass is 276 g/mol. The molecule has 0 radical (unpaired) electrons. The molecule has 3 nitrogen and oxygen atoms in total. The van der Waals surface area contributed by atoms with Crippen LogP contribution < -0.4 is 10.8 Å². The van der Waals surface area contributed by atoms with Crippen LogP contribution >= 0.6 is 0 Å². The third kappa shape index (κ3) is 2.84. The number of para-hydroxylation sites is 1. The number of aromatic nitrogens is 1. The highest BCUT2D eigenvalue weighted by molar-refractivity contribution is 6.32. The summed E-state index contributed by atoms with van der Waals surface area (Å²) in [5, 5.41) is 4.07. The zero-order valence-electron chi connectivity index (χ0n) is 12.2. The molecule has 1 aromatic heterocycles. The average molecular weight is 276 g/mol. The highest BCUT2D eigenvalue weighted by atomic mass is 16.1. The topological polar surface area (TPSA) is 44.9 Å². The zero-order chi connectivity index (χ0) is 14.8. The van der Waals surface area contributed by atoms with Gasteiger partial charge in [0.25, 0.3) is 5.91 Å². The Hall–Kier alpha value is -2.49. The number of benzene rings is 2. The summed E-state index contributed by atoms with van der Waals surface area (Å²) in [6.45, 7) is 1.99. The highest BCUT2D eigenvalue weighted by Crippen LogP contribution is 2.16. The Morgan fingerprint density at radius 1 is 1.14 bits per heavy atom. The summed E-state index contributed by atoms with van der Waals surface area (Å²) in [6.07, 6.45) is 0. The van der Waals surface area contributed by atoms with Gasteiger partial charge in [-0.15, -0.1) is 0 Å². The summed E-state index contributed by atoms with van der Waals surface area (Å²) in [4.78, 5) is 15.5. The van der Waals surface area contributed by atoms with Gasteiger partial charge < -0.3 is 10.3 Å². The Bertz CT molecular complexity index is 744. The predicted molar refractivity (Wildman–Crippen MR) is 88.8 cm³/mol. The van der Waals surface area contributed by atoms with Crippen LogP contribution in [0.15, 0.2) is 54.6 Å². The molecule has 21 heavy (non-hydrogen) atoms. The Morgan fingerprint density at radius 3 is 2.57 bits per heavy atom. The molecule has 0 saturated heterocycles. The Labute approximate surface area is 124 Å². The molecule has 0 saturated carbocycles. The van der Waals surface area contributed by atoms with E-state index in [1.165, 1.54) is 5.46 Å². The van der Waals surface area contributed by atoms with Crippen molar-refractivity contribution in [2.45, 2.75) is 13.0 Å². The fourth-order valence-electron chi connectivity index (χ4n) is 2.41. The molecule has 1 heterocycles. The van der Waals surface area contributed by atoms with E-state index in [2.05, 4.69) is 30.3 Å². The van der Waals surface area contributed by atoms with Crippen LogP contribution in [0.1, 0.15) is 29.0 Å². The molecule has 3 aromatic rings. The van der Waals surface area contributed by atoms with Gasteiger partial charge in [0, 0.05) is 10.9 Å². The van der Waals surface area contributed by atoms with Gasteiger partial charge in [-0.3, -0.25) is 4.79 Å². The standard InChI is InChI=1S/C17H17BN2O/c1-11(12-6-8-14(18)9-7-12)19-17(21)16-10-13-4-2-3-5-15(13)20-16/h2-11,20H,18H2,1H3,(H,19,21)/t11-/m1/s1. The summed E-state index contributed by atoms with van der Waals surface area (Å²) in [5.74, 6) is -0.0840. The van der Waals surface area contributed by atoms with Gasteiger partial charge in [0.05, 0.1) is 6.04 Å². The molecule has 0 bridgehead atoms. The van der Waals surface area contributed by atoms with Gasteiger partial charge in [0.2, 0.25) is 0 Å². The van der Waals surface area contributed by atoms with Crippen LogP contribution in [-0.4, -0.2) is 18.7 Å². The lowest BCUT2D eigenvalue weighted by atomic mass is 9.94. The lowest BCUT2D eigenvalue weighted by molar-refractivity contribution is 0.0935. The minimum Gasteiger partial charge on any atom is -0.351 e. The van der Waals surface area contributed by atoms with Gasteiger partial charge in [-0.25, -0.2) is 0 Å². The molecule has 3 rings (SSSR count). The fourth-order valence-corrected chi connectivity index (χ4v) is 2.41. The molecular weight excluding hydrogens is 259 g/mol. The van der Waals surface area contributed by atoms with Crippen LogP contribution in [0.3, 0.4) is 0 Å². The molecule has 0 spiro atoms. The molecule has 2 aromatic carbocycles. The van der Waals surface area contributed by atoms with Gasteiger partial charge in [-0.1, -0.05) is 47.9 Å². The maximum absolute atomic E-state index is 12.3. The van der Waals surface area contributed by atoms with Crippen molar-refractivity contribution < 1.29 is 4.79 Å². The number of hydrogen-bond acceptors (Lipinski definition) is 1. The first-order valence-corrected chi connectivity index (χ1v) is 7.08. The largest absolute Gasteiger partial charge is 0.351 e. The molecule has 1 atom stereocenters. The van der Waals surface area contributed by atoms with E-state index >= 15 is 0 Å². The van der Waals surface area contributed by atoms with Gasteiger partial charge in [-0.05, 0) is 24.6 Å². The molecule has 4 heteroatoms. The maximum Gasteiger partial charge on any atom is 0.268 e. The number of rotatable bonds is 3. The van der Waals surface area contributed by atoms with Crippen molar-refractivity contribution in [3.63, 3.8) is 0 Å². The van der Waals surface area contributed by atoms with E-state index in [-0.39, 0.29) is 11.9 Å². The van der Waals surface area contributed by atoms with Crippen molar-refractivity contribution in [2.75, 3.05) is 0 Å². The first kappa shape index (κ1) is 13.5. The molecule has 104 valence electrons. The summed E-state index contributed by atoms with van der Waals surface area (Å²) < 4.78 is 0. The van der Waals surface area contributed by atoms with Crippen LogP contribution in [0.25, 0.3) is 10.9 Å². The van der Waals surface area contributed by atoms with Crippen LogP contribution in [0.4, 0.5) is 0 Å². The van der Waals surface area contributed by atoms with E-state index in [1.807, 2.05) is 49.4 Å². The molecule has 0 aliphatic carbocycles. The van der Waals surface area contributed by atoms with E-state index in [4.69, 9.17) is 0 Å². The van der Waals surface area contributed by atoms with E-state index in [0.29, 0.717) is 5.69 Å². The van der Waals surface area contributed by atoms with Crippen molar-refractivity contribution in [3.8, 4) is 0 Å². The average Bonchev–Trinajstić information content (AvgIpc) is 2.92. The summed E-state index contributed by atoms with van der Waals surface area (Å²) in [7, 11) is 2.05. The summed E-state index contributed by atoms with van der Waals surface area (Å²) in [5.41, 5.74) is 3.89. The number of amides is 1. The summed E-state index contributed by atoms with van der Waals surface area (Å²) >= 11 is 0. The van der Waals surface area contributed by atoms with E-state index < -0.39 is 0 Å². The van der Waals surface area contributed by atoms with Crippen molar-refractivity contribution in [1.82, 2.24) is 10.3 Å². The SMILES string of the molecule is Bc1ccc([C@@H](C)NC(=O)c2cc3ccccc3[nH]2)cc1. The van der Waals surface area contributed by atoms with Crippen molar-refractivity contribution in [1.29, 1.82) is 0 Å². The van der Waals surface area contributed by atoms with Crippen molar-refractivity contribution >= 4 is 30.1 Å². The molecule has 0 unspecified atom stereocenters. The molecule has 0 aliphatic heterocycles. The number of H-pyrrole nitrogens is 1. The van der Waals surface area contributed by atoms with Gasteiger partial charge >= 0.3 is 0 Å². The number of nitrogens with one attached hydrogen (secondary N) is 2. The van der Waals surface area contributed by atoms with E-state index in [9.17, 15) is 4.79 Å². The number of hydrogen-bond donors (Lipinski definition) is 2. The Kier molecular flexibility index (Phi) is 3.52. The van der Waals surface area contributed by atoms with Crippen molar-refractivity contribution in [3.05, 3.63) is 65.9 Å². The molecule has 2 N–H and O–H groups in total. The second kappa shape index (κ2) is 5.48. The highest BCUT2D eigenvalue weighted by Gasteiger charge is 2.13. The van der Waals surface area contributed by atoms with Gasteiger partial charge in [0.1, 0.15) is 13.5 Å². The number of carbonyl (C=O) groups excluding carboxylic acids is 1. The molecule has 0 aliphatic rings. The first-order chi connectivity index (χ1) is 10.1. The van der Waals surface area contributed by atoms with E-state index in [1.54, 1.807) is 0 Å². The number of aromatic amines is 1. The van der Waals surface area contributed by atoms with Crippen LogP contribution in [0, 0.1) is 0 Å². The summed E-state index contributed by atoms with van der Waals surface area (Å²) in [6, 6.07) is 17.9. The van der Waals surface area contributed by atoms with Crippen LogP contribution in [-0.2, 0) is 0 Å². The van der Waals surface area contributed by atoms with Crippen LogP contribution in [0.2, 0.25) is 0 Å². The normalized spacial score (nSPS) is 12.2. The molecular formula is C17H17BN2O. The second-order valence-corrected chi connectivity index (χ2v) is 5.38. The van der Waals surface area contributed by atoms with E-state index in [0.717, 1.165) is 16.5 Å². The third-order valence-electron chi connectivity index (χ3n) is 3.70. The van der Waals surface area contributed by atoms with Crippen molar-refractivity contribution in [2.24, 2.45) is 0 Å². The van der Waals surface area contributed by atoms with Gasteiger partial charge in [-0.2, -0.15) is 0 Å². The smallest absolute Gasteiger partial charge is 0.268 e. The molecule has 0 fully saturated rings. The second-order valence-electron chi connectivity index (χ2n) is 5.38. The minimum absolute atomic E-state index is 0.0236. The Balaban J connectivity index is 1.77. The van der Waals surface area contributed by atoms with Crippen LogP contribution in [0.5, 0.6) is 0 Å². The third-order valence-corrected chi connectivity index (χ3v) is 3.70. The Morgan fingerprint density at radius 2 is 1.86 bits per heavy atom. The lowest BCUT2D eigenvalue weighted by Crippen LogP contribution is -2.27. The maximum atomic E-state index is 12.3. The fraction of sp³-hybridized carbons (Fsp3) is 0.118. The molecule has 1 amide bonds. The number of fused-ring (bicyclic) bond motifs is 1. The predicted octanol–water partition coefficient (Wildman–Crippen LogP) is 1.92. The first-order valence-electron chi connectivity index (χ1n) is 7.08. The lowest BCUT2D eigenvalue weighted by Gasteiger charge is -2.14. The zero-order valence-corrected chi connectivity index (χ0v) is 12.2. The van der Waals surface area contributed by atoms with Gasteiger partial charge in [0.15, 0.2) is 0 Å². The quantitative estimate of drug-likeness (QED) is 0.705. The number of carbonyl (C=O) groups is 1. The minimum atomic E-state index is -0.0840.